The van der Waals surface area contributed by atoms with Gasteiger partial charge < -0.3 is 5.32 Å². The maximum absolute atomic E-state index is 4.70. The van der Waals surface area contributed by atoms with Crippen LogP contribution in [-0.4, -0.2) is 15.1 Å². The number of rotatable bonds is 8. The molecule has 0 aliphatic heterocycles. The van der Waals surface area contributed by atoms with Gasteiger partial charge in [-0.2, -0.15) is 0 Å². The second-order valence-electron chi connectivity index (χ2n) is 8.53. The molecule has 0 saturated heterocycles. The molecule has 3 heteroatoms. The van der Waals surface area contributed by atoms with Gasteiger partial charge in [0.1, 0.15) is 8.80 Å². The molecule has 5 rings (SSSR count). The van der Waals surface area contributed by atoms with E-state index in [4.69, 9.17) is 4.99 Å². The van der Waals surface area contributed by atoms with Crippen molar-refractivity contribution in [2.75, 3.05) is 5.32 Å². The topological polar surface area (TPSA) is 24.4 Å². The van der Waals surface area contributed by atoms with E-state index < -0.39 is 8.80 Å². The molecule has 2 nitrogen and oxygen atoms in total. The van der Waals surface area contributed by atoms with Crippen LogP contribution >= 0.6 is 0 Å². The molecule has 0 atom stereocenters. The van der Waals surface area contributed by atoms with Crippen molar-refractivity contribution in [1.82, 2.24) is 0 Å². The molecular weight excluding hydrogens is 440 g/mol. The number of hydrogen-bond donors (Lipinski definition) is 1. The summed E-state index contributed by atoms with van der Waals surface area (Å²) in [5.41, 5.74) is 4.63. The molecule has 0 amide bonds. The Labute approximate surface area is 209 Å². The van der Waals surface area contributed by atoms with Crippen molar-refractivity contribution in [1.29, 1.82) is 0 Å². The average Bonchev–Trinajstić information content (AvgIpc) is 2.93. The molecule has 0 heterocycles. The van der Waals surface area contributed by atoms with E-state index in [9.17, 15) is 0 Å². The normalized spacial score (nSPS) is 11.1. The quantitative estimate of drug-likeness (QED) is 0.143. The third kappa shape index (κ3) is 5.65. The zero-order valence-corrected chi connectivity index (χ0v) is 20.7. The van der Waals surface area contributed by atoms with Gasteiger partial charge in [0.25, 0.3) is 0 Å². The molecule has 0 spiro atoms. The molecule has 0 aliphatic rings. The Morgan fingerprint density at radius 2 is 1.14 bits per heavy atom. The summed E-state index contributed by atoms with van der Waals surface area (Å²) >= 11 is 0. The summed E-state index contributed by atoms with van der Waals surface area (Å²) in [4.78, 5) is 4.70. The summed E-state index contributed by atoms with van der Waals surface area (Å²) in [5.74, 6) is 0. The van der Waals surface area contributed by atoms with Crippen molar-refractivity contribution in [2.45, 2.75) is 6.54 Å². The summed E-state index contributed by atoms with van der Waals surface area (Å²) in [6, 6.07) is 49.5. The number of nitrogens with zero attached hydrogens (tertiary/aromatic N) is 1. The van der Waals surface area contributed by atoms with E-state index in [2.05, 4.69) is 133 Å². The Hall–Kier alpha value is -4.21. The van der Waals surface area contributed by atoms with Crippen molar-refractivity contribution in [3.05, 3.63) is 145 Å². The van der Waals surface area contributed by atoms with E-state index in [-0.39, 0.29) is 0 Å². The van der Waals surface area contributed by atoms with Gasteiger partial charge in [-0.15, -0.1) is 0 Å². The van der Waals surface area contributed by atoms with Crippen LogP contribution in [-0.2, 0) is 6.54 Å². The summed E-state index contributed by atoms with van der Waals surface area (Å²) in [6.07, 6.45) is 1.82. The van der Waals surface area contributed by atoms with Crippen LogP contribution < -0.4 is 20.9 Å². The zero-order valence-electron chi connectivity index (χ0n) is 19.6. The van der Waals surface area contributed by atoms with Gasteiger partial charge >= 0.3 is 0 Å². The third-order valence-corrected chi connectivity index (χ3v) is 9.28. The van der Waals surface area contributed by atoms with Gasteiger partial charge in [0.15, 0.2) is 0 Å². The molecule has 5 aromatic carbocycles. The second-order valence-corrected chi connectivity index (χ2v) is 11.4. The summed E-state index contributed by atoms with van der Waals surface area (Å²) in [5, 5.41) is 7.66. The van der Waals surface area contributed by atoms with E-state index >= 15 is 0 Å². The fourth-order valence-corrected chi connectivity index (χ4v) is 7.54. The third-order valence-electron chi connectivity index (χ3n) is 6.15. The van der Waals surface area contributed by atoms with Gasteiger partial charge in [-0.25, -0.2) is 0 Å². The molecule has 0 bridgehead atoms. The van der Waals surface area contributed by atoms with Crippen LogP contribution in [0.15, 0.2) is 145 Å². The lowest BCUT2D eigenvalue weighted by Gasteiger charge is -2.18. The lowest BCUT2D eigenvalue weighted by molar-refractivity contribution is 1.08. The van der Waals surface area contributed by atoms with E-state index in [0.29, 0.717) is 6.54 Å². The Balaban J connectivity index is 1.34. The van der Waals surface area contributed by atoms with E-state index in [1.54, 1.807) is 0 Å². The maximum atomic E-state index is 4.70. The molecular formula is C32H28N2Si. The molecule has 35 heavy (non-hydrogen) atoms. The zero-order chi connectivity index (χ0) is 23.7. The predicted molar refractivity (Wildman–Crippen MR) is 153 cm³/mol. The van der Waals surface area contributed by atoms with Crippen LogP contribution in [0.25, 0.3) is 11.1 Å². The standard InChI is InChI=1S/C32H28N2Si/c1-4-14-27(15-5-1)31-21-10-11-22-32(31)34-25-33-24-26-13-12-20-30(23-26)35(28-16-6-2-7-17-28)29-18-8-3-9-19-29/h1-23,25,35H,24H2,(H,33,34). The largest absolute Gasteiger partial charge is 0.346 e. The molecule has 0 aliphatic carbocycles. The van der Waals surface area contributed by atoms with Crippen molar-refractivity contribution in [2.24, 2.45) is 4.99 Å². The molecule has 0 fully saturated rings. The molecule has 0 aromatic heterocycles. The number of para-hydroxylation sites is 1. The van der Waals surface area contributed by atoms with E-state index in [1.807, 2.05) is 18.5 Å². The minimum Gasteiger partial charge on any atom is -0.346 e. The number of hydrogen-bond acceptors (Lipinski definition) is 1. The molecule has 0 unspecified atom stereocenters. The number of aliphatic imine (C=N–C) groups is 1. The molecule has 0 radical (unpaired) electrons. The van der Waals surface area contributed by atoms with Gasteiger partial charge in [0, 0.05) is 11.3 Å². The van der Waals surface area contributed by atoms with Gasteiger partial charge in [-0.1, -0.05) is 149 Å². The van der Waals surface area contributed by atoms with E-state index in [1.165, 1.54) is 32.3 Å². The van der Waals surface area contributed by atoms with Crippen molar-refractivity contribution in [3.8, 4) is 11.1 Å². The summed E-state index contributed by atoms with van der Waals surface area (Å²) in [6.45, 7) is 0.638. The Kier molecular flexibility index (Phi) is 7.27. The van der Waals surface area contributed by atoms with Gasteiger partial charge in [0.2, 0.25) is 0 Å². The van der Waals surface area contributed by atoms with Crippen molar-refractivity contribution in [3.63, 3.8) is 0 Å². The van der Waals surface area contributed by atoms with Crippen molar-refractivity contribution < 1.29 is 0 Å². The number of anilines is 1. The highest BCUT2D eigenvalue weighted by Gasteiger charge is 2.18. The fourth-order valence-electron chi connectivity index (χ4n) is 4.48. The Morgan fingerprint density at radius 3 is 1.83 bits per heavy atom. The SMILES string of the molecule is C(=N\Cc1cccc([SiH](c2ccccc2)c2ccccc2)c1)/Nc1ccccc1-c1ccccc1. The highest BCUT2D eigenvalue weighted by molar-refractivity contribution is 6.95. The Morgan fingerprint density at radius 1 is 0.571 bits per heavy atom. The van der Waals surface area contributed by atoms with Crippen molar-refractivity contribution >= 4 is 36.4 Å². The van der Waals surface area contributed by atoms with Crippen LogP contribution in [0.3, 0.4) is 0 Å². The first-order valence-corrected chi connectivity index (χ1v) is 13.7. The summed E-state index contributed by atoms with van der Waals surface area (Å²) in [7, 11) is -1.54. The molecule has 0 saturated carbocycles. The fraction of sp³-hybridized carbons (Fsp3) is 0.0312. The Bertz CT molecular complexity index is 1340. The number of benzene rings is 5. The lowest BCUT2D eigenvalue weighted by atomic mass is 10.0. The second kappa shape index (κ2) is 11.3. The van der Waals surface area contributed by atoms with Gasteiger partial charge in [-0.05, 0) is 17.2 Å². The average molecular weight is 469 g/mol. The first-order chi connectivity index (χ1) is 17.4. The minimum absolute atomic E-state index is 0.638. The molecule has 5 aromatic rings. The van der Waals surface area contributed by atoms with Crippen LogP contribution in [0, 0.1) is 0 Å². The smallest absolute Gasteiger partial charge is 0.132 e. The minimum atomic E-state index is -1.54. The number of nitrogens with one attached hydrogen (secondary N) is 1. The van der Waals surface area contributed by atoms with Crippen LogP contribution in [0.4, 0.5) is 5.69 Å². The van der Waals surface area contributed by atoms with Gasteiger partial charge in [0.05, 0.1) is 12.9 Å². The highest BCUT2D eigenvalue weighted by Crippen LogP contribution is 2.26. The van der Waals surface area contributed by atoms with Gasteiger partial charge in [-0.3, -0.25) is 4.99 Å². The first-order valence-electron chi connectivity index (χ1n) is 12.0. The van der Waals surface area contributed by atoms with Crippen LogP contribution in [0.2, 0.25) is 0 Å². The van der Waals surface area contributed by atoms with Crippen LogP contribution in [0.5, 0.6) is 0 Å². The molecule has 170 valence electrons. The van der Waals surface area contributed by atoms with Crippen LogP contribution in [0.1, 0.15) is 5.56 Å². The predicted octanol–water partition coefficient (Wildman–Crippen LogP) is 5.24. The molecule has 1 N–H and O–H groups in total. The lowest BCUT2D eigenvalue weighted by Crippen LogP contribution is -2.51. The maximum Gasteiger partial charge on any atom is 0.132 e. The monoisotopic (exact) mass is 468 g/mol. The first kappa shape index (κ1) is 22.6. The van der Waals surface area contributed by atoms with E-state index in [0.717, 1.165) is 5.69 Å². The highest BCUT2D eigenvalue weighted by atomic mass is 28.3. The summed E-state index contributed by atoms with van der Waals surface area (Å²) < 4.78 is 0.